The van der Waals surface area contributed by atoms with Crippen LogP contribution in [0.4, 0.5) is 5.69 Å². The van der Waals surface area contributed by atoms with Gasteiger partial charge in [-0.05, 0) is 18.6 Å². The lowest BCUT2D eigenvalue weighted by molar-refractivity contribution is 0.157. The third-order valence-electron chi connectivity index (χ3n) is 4.13. The summed E-state index contributed by atoms with van der Waals surface area (Å²) in [5.41, 5.74) is 1.24. The number of ether oxygens (including phenoxy) is 1. The Morgan fingerprint density at radius 1 is 1.39 bits per heavy atom. The summed E-state index contributed by atoms with van der Waals surface area (Å²) >= 11 is 0. The molecule has 1 aromatic rings. The Labute approximate surface area is 157 Å². The molecule has 1 N–H and O–H groups in total. The molecule has 0 amide bonds. The van der Waals surface area contributed by atoms with Gasteiger partial charge in [0.25, 0.3) is 0 Å². The number of nitrogens with one attached hydrogen (secondary N) is 1. The molecule has 1 fully saturated rings. The fraction of sp³-hybridized carbons (Fsp3) is 0.588. The Morgan fingerprint density at radius 3 is 2.78 bits per heavy atom. The molecular formula is C17H29IN4O. The average Bonchev–Trinajstić information content (AvgIpc) is 3.01. The number of nitrogens with zero attached hydrogens (tertiary/aromatic N) is 3. The number of likely N-dealkylation sites (tertiary alicyclic amines) is 1. The van der Waals surface area contributed by atoms with Crippen molar-refractivity contribution in [2.75, 3.05) is 58.9 Å². The molecule has 1 aromatic carbocycles. The second-order valence-corrected chi connectivity index (χ2v) is 5.79. The second kappa shape index (κ2) is 10.7. The molecule has 1 unspecified atom stereocenters. The first-order chi connectivity index (χ1) is 10.7. The molecule has 5 nitrogen and oxygen atoms in total. The molecule has 0 saturated carbocycles. The van der Waals surface area contributed by atoms with Crippen LogP contribution in [0.2, 0.25) is 0 Å². The standard InChI is InChI=1S/C17H28N4O.HI/c1-18-17(21-11-9-15(13-21)14-22-3)19-10-12-20(2)16-7-5-4-6-8-16;/h4-8,15H,9-14H2,1-3H3,(H,18,19);1H. The molecule has 1 aliphatic heterocycles. The molecule has 1 atom stereocenters. The molecule has 0 radical (unpaired) electrons. The van der Waals surface area contributed by atoms with Crippen LogP contribution in [0.15, 0.2) is 35.3 Å². The second-order valence-electron chi connectivity index (χ2n) is 5.79. The summed E-state index contributed by atoms with van der Waals surface area (Å²) < 4.78 is 5.26. The van der Waals surface area contributed by atoms with Gasteiger partial charge in [-0.2, -0.15) is 0 Å². The van der Waals surface area contributed by atoms with E-state index < -0.39 is 0 Å². The van der Waals surface area contributed by atoms with Crippen LogP contribution in [0.5, 0.6) is 0 Å². The number of rotatable bonds is 6. The summed E-state index contributed by atoms with van der Waals surface area (Å²) in [5.74, 6) is 1.62. The van der Waals surface area contributed by atoms with Crippen LogP contribution in [0, 0.1) is 5.92 Å². The summed E-state index contributed by atoms with van der Waals surface area (Å²) in [6, 6.07) is 10.4. The number of halogens is 1. The Hall–Kier alpha value is -1.02. The highest BCUT2D eigenvalue weighted by atomic mass is 127. The Kier molecular flexibility index (Phi) is 9.31. The Balaban J connectivity index is 0.00000264. The van der Waals surface area contributed by atoms with Crippen molar-refractivity contribution in [2.45, 2.75) is 6.42 Å². The molecule has 23 heavy (non-hydrogen) atoms. The number of benzene rings is 1. The lowest BCUT2D eigenvalue weighted by Gasteiger charge is -2.24. The molecule has 2 rings (SSSR count). The van der Waals surface area contributed by atoms with Gasteiger partial charge < -0.3 is 19.9 Å². The van der Waals surface area contributed by atoms with Crippen molar-refractivity contribution in [3.63, 3.8) is 0 Å². The van der Waals surface area contributed by atoms with E-state index in [4.69, 9.17) is 4.74 Å². The van der Waals surface area contributed by atoms with Gasteiger partial charge in [-0.25, -0.2) is 0 Å². The normalized spacial score (nSPS) is 17.8. The van der Waals surface area contributed by atoms with Gasteiger partial charge in [0.2, 0.25) is 0 Å². The van der Waals surface area contributed by atoms with Gasteiger partial charge in [0, 0.05) is 59.0 Å². The summed E-state index contributed by atoms with van der Waals surface area (Å²) in [7, 11) is 5.74. The van der Waals surface area contributed by atoms with Crippen LogP contribution in [-0.4, -0.2) is 64.9 Å². The molecule has 6 heteroatoms. The number of para-hydroxylation sites is 1. The van der Waals surface area contributed by atoms with Crippen LogP contribution >= 0.6 is 24.0 Å². The van der Waals surface area contributed by atoms with Crippen molar-refractivity contribution in [3.8, 4) is 0 Å². The maximum atomic E-state index is 5.26. The number of aliphatic imine (C=N–C) groups is 1. The van der Waals surface area contributed by atoms with Crippen LogP contribution < -0.4 is 10.2 Å². The SMILES string of the molecule is CN=C(NCCN(C)c1ccccc1)N1CCC(COC)C1.I. The topological polar surface area (TPSA) is 40.1 Å². The van der Waals surface area contributed by atoms with Crippen molar-refractivity contribution >= 4 is 35.6 Å². The van der Waals surface area contributed by atoms with E-state index in [0.717, 1.165) is 38.7 Å². The van der Waals surface area contributed by atoms with E-state index >= 15 is 0 Å². The third kappa shape index (κ3) is 6.18. The number of methoxy groups -OCH3 is 1. The minimum atomic E-state index is 0. The number of guanidine groups is 1. The van der Waals surface area contributed by atoms with Gasteiger partial charge in [-0.1, -0.05) is 18.2 Å². The van der Waals surface area contributed by atoms with E-state index in [0.29, 0.717) is 5.92 Å². The molecule has 1 aliphatic rings. The Morgan fingerprint density at radius 2 is 2.13 bits per heavy atom. The van der Waals surface area contributed by atoms with Crippen LogP contribution in [0.1, 0.15) is 6.42 Å². The maximum absolute atomic E-state index is 5.26. The smallest absolute Gasteiger partial charge is 0.193 e. The van der Waals surface area contributed by atoms with Gasteiger partial charge in [-0.15, -0.1) is 24.0 Å². The summed E-state index contributed by atoms with van der Waals surface area (Å²) in [6.07, 6.45) is 1.18. The molecule has 1 heterocycles. The molecule has 0 aliphatic carbocycles. The quantitative estimate of drug-likeness (QED) is 0.426. The van der Waals surface area contributed by atoms with Crippen LogP contribution in [0.25, 0.3) is 0 Å². The van der Waals surface area contributed by atoms with Crippen molar-refractivity contribution in [3.05, 3.63) is 30.3 Å². The van der Waals surface area contributed by atoms with Crippen LogP contribution in [0.3, 0.4) is 0 Å². The van der Waals surface area contributed by atoms with Gasteiger partial charge in [0.15, 0.2) is 5.96 Å². The molecular weight excluding hydrogens is 403 g/mol. The zero-order valence-electron chi connectivity index (χ0n) is 14.4. The van der Waals surface area contributed by atoms with Gasteiger partial charge in [-0.3, -0.25) is 4.99 Å². The molecule has 1 saturated heterocycles. The average molecular weight is 432 g/mol. The fourth-order valence-electron chi connectivity index (χ4n) is 2.88. The van der Waals surface area contributed by atoms with Crippen molar-refractivity contribution < 1.29 is 4.74 Å². The predicted molar refractivity (Wildman–Crippen MR) is 108 cm³/mol. The molecule has 0 aromatic heterocycles. The first kappa shape index (κ1) is 20.0. The zero-order valence-corrected chi connectivity index (χ0v) is 16.7. The van der Waals surface area contributed by atoms with Crippen LogP contribution in [-0.2, 0) is 4.74 Å². The van der Waals surface area contributed by atoms with E-state index in [1.165, 1.54) is 12.1 Å². The first-order valence-electron chi connectivity index (χ1n) is 7.95. The number of hydrogen-bond donors (Lipinski definition) is 1. The molecule has 0 spiro atoms. The lowest BCUT2D eigenvalue weighted by atomic mass is 10.1. The number of hydrogen-bond acceptors (Lipinski definition) is 3. The zero-order chi connectivity index (χ0) is 15.8. The number of anilines is 1. The van der Waals surface area contributed by atoms with Crippen molar-refractivity contribution in [1.82, 2.24) is 10.2 Å². The third-order valence-corrected chi connectivity index (χ3v) is 4.13. The van der Waals surface area contributed by atoms with E-state index in [1.807, 2.05) is 13.1 Å². The monoisotopic (exact) mass is 432 g/mol. The van der Waals surface area contributed by atoms with Gasteiger partial charge in [0.05, 0.1) is 6.61 Å². The minimum absolute atomic E-state index is 0. The van der Waals surface area contributed by atoms with E-state index in [2.05, 4.69) is 51.4 Å². The minimum Gasteiger partial charge on any atom is -0.384 e. The van der Waals surface area contributed by atoms with Gasteiger partial charge >= 0.3 is 0 Å². The number of likely N-dealkylation sites (N-methyl/N-ethyl adjacent to an activating group) is 1. The molecule has 130 valence electrons. The van der Waals surface area contributed by atoms with E-state index in [9.17, 15) is 0 Å². The highest BCUT2D eigenvalue weighted by Crippen LogP contribution is 2.16. The van der Waals surface area contributed by atoms with Gasteiger partial charge in [0.1, 0.15) is 0 Å². The van der Waals surface area contributed by atoms with E-state index in [1.54, 1.807) is 7.11 Å². The Bertz CT molecular complexity index is 469. The fourth-order valence-corrected chi connectivity index (χ4v) is 2.88. The first-order valence-corrected chi connectivity index (χ1v) is 7.95. The van der Waals surface area contributed by atoms with Crippen molar-refractivity contribution in [1.29, 1.82) is 0 Å². The molecule has 0 bridgehead atoms. The highest BCUT2D eigenvalue weighted by Gasteiger charge is 2.24. The van der Waals surface area contributed by atoms with Crippen molar-refractivity contribution in [2.24, 2.45) is 10.9 Å². The lowest BCUT2D eigenvalue weighted by Crippen LogP contribution is -2.43. The largest absolute Gasteiger partial charge is 0.384 e. The van der Waals surface area contributed by atoms with E-state index in [-0.39, 0.29) is 24.0 Å². The summed E-state index contributed by atoms with van der Waals surface area (Å²) in [4.78, 5) is 8.98. The highest BCUT2D eigenvalue weighted by molar-refractivity contribution is 14.0. The maximum Gasteiger partial charge on any atom is 0.193 e. The predicted octanol–water partition coefficient (Wildman–Crippen LogP) is 2.28. The summed E-state index contributed by atoms with van der Waals surface area (Å²) in [5, 5.41) is 3.47. The summed E-state index contributed by atoms with van der Waals surface area (Å²) in [6.45, 7) is 4.75.